The highest BCUT2D eigenvalue weighted by Crippen LogP contribution is 2.23. The molecule has 94 valence electrons. The predicted octanol–water partition coefficient (Wildman–Crippen LogP) is 2.95. The second-order valence-electron chi connectivity index (χ2n) is 5.55. The summed E-state index contributed by atoms with van der Waals surface area (Å²) in [5.41, 5.74) is 2.80. The van der Waals surface area contributed by atoms with E-state index in [-0.39, 0.29) is 0 Å². The first-order valence-electron chi connectivity index (χ1n) is 6.63. The van der Waals surface area contributed by atoms with Crippen molar-refractivity contribution in [1.29, 1.82) is 0 Å². The summed E-state index contributed by atoms with van der Waals surface area (Å²) in [5, 5.41) is 0. The van der Waals surface area contributed by atoms with Crippen LogP contribution in [-0.4, -0.2) is 37.6 Å². The van der Waals surface area contributed by atoms with Crippen LogP contribution in [0.5, 0.6) is 0 Å². The molecule has 0 unspecified atom stereocenters. The van der Waals surface area contributed by atoms with Crippen molar-refractivity contribution in [3.8, 4) is 0 Å². The number of nitrogens with zero attached hydrogens (tertiary/aromatic N) is 2. The molecule has 0 N–H and O–H groups in total. The maximum atomic E-state index is 2.52. The second-order valence-corrected chi connectivity index (χ2v) is 5.55. The van der Waals surface area contributed by atoms with Gasteiger partial charge in [0.15, 0.2) is 0 Å². The summed E-state index contributed by atoms with van der Waals surface area (Å²) >= 11 is 0. The number of benzene rings is 1. The topological polar surface area (TPSA) is 6.48 Å². The van der Waals surface area contributed by atoms with Crippen molar-refractivity contribution in [3.05, 3.63) is 29.8 Å². The van der Waals surface area contributed by atoms with Crippen LogP contribution in [0.15, 0.2) is 24.3 Å². The van der Waals surface area contributed by atoms with Crippen LogP contribution in [0, 0.1) is 0 Å². The van der Waals surface area contributed by atoms with Crippen LogP contribution in [0.4, 0.5) is 5.69 Å². The molecule has 17 heavy (non-hydrogen) atoms. The highest BCUT2D eigenvalue weighted by molar-refractivity contribution is 5.49. The van der Waals surface area contributed by atoms with Gasteiger partial charge in [-0.2, -0.15) is 0 Å². The summed E-state index contributed by atoms with van der Waals surface area (Å²) in [7, 11) is 2.20. The van der Waals surface area contributed by atoms with Gasteiger partial charge in [0.05, 0.1) is 0 Å². The molecule has 0 bridgehead atoms. The Bertz CT molecular complexity index is 356. The van der Waals surface area contributed by atoms with E-state index in [0.717, 1.165) is 19.6 Å². The van der Waals surface area contributed by atoms with E-state index in [1.54, 1.807) is 0 Å². The van der Waals surface area contributed by atoms with Gasteiger partial charge >= 0.3 is 0 Å². The van der Waals surface area contributed by atoms with E-state index < -0.39 is 0 Å². The summed E-state index contributed by atoms with van der Waals surface area (Å²) in [6, 6.07) is 9.70. The van der Waals surface area contributed by atoms with Gasteiger partial charge in [0.1, 0.15) is 0 Å². The summed E-state index contributed by atoms with van der Waals surface area (Å²) in [5.74, 6) is 0.619. The smallest absolute Gasteiger partial charge is 0.0389 e. The normalized spacial score (nSPS) is 22.2. The van der Waals surface area contributed by atoms with Crippen LogP contribution in [-0.2, 0) is 0 Å². The molecule has 1 saturated heterocycles. The van der Waals surface area contributed by atoms with Gasteiger partial charge in [0.2, 0.25) is 0 Å². The number of hydrogen-bond acceptors (Lipinski definition) is 2. The molecule has 0 aromatic heterocycles. The number of hydrogen-bond donors (Lipinski definition) is 0. The summed E-state index contributed by atoms with van der Waals surface area (Å²) < 4.78 is 0. The minimum atomic E-state index is 0.610. The number of likely N-dealkylation sites (N-methyl/N-ethyl adjacent to an activating group) is 1. The lowest BCUT2D eigenvalue weighted by atomic mass is 10.0. The van der Waals surface area contributed by atoms with Crippen LogP contribution < -0.4 is 4.90 Å². The van der Waals surface area contributed by atoms with Crippen LogP contribution >= 0.6 is 0 Å². The molecule has 0 aliphatic carbocycles. The average molecular weight is 232 g/mol. The molecule has 1 aromatic carbocycles. The molecular weight excluding hydrogens is 208 g/mol. The van der Waals surface area contributed by atoms with Crippen molar-refractivity contribution < 1.29 is 0 Å². The Kier molecular flexibility index (Phi) is 3.72. The first kappa shape index (κ1) is 12.4. The molecule has 0 amide bonds. The molecule has 1 heterocycles. The van der Waals surface area contributed by atoms with Crippen molar-refractivity contribution in [2.24, 2.45) is 0 Å². The molecule has 1 fully saturated rings. The zero-order chi connectivity index (χ0) is 12.4. The van der Waals surface area contributed by atoms with Gasteiger partial charge in [-0.25, -0.2) is 0 Å². The molecular formula is C15H24N2. The zero-order valence-corrected chi connectivity index (χ0v) is 11.5. The maximum Gasteiger partial charge on any atom is 0.0389 e. The maximum absolute atomic E-state index is 2.52. The van der Waals surface area contributed by atoms with Crippen LogP contribution in [0.3, 0.4) is 0 Å². The highest BCUT2D eigenvalue weighted by Gasteiger charge is 2.21. The van der Waals surface area contributed by atoms with Crippen molar-refractivity contribution >= 4 is 5.69 Å². The molecule has 1 aliphatic rings. The van der Waals surface area contributed by atoms with Gasteiger partial charge in [-0.05, 0) is 37.6 Å². The minimum Gasteiger partial charge on any atom is -0.366 e. The SMILES string of the molecule is CC(C)c1ccc(N2CCN(C)C[C@H]2C)cc1. The zero-order valence-electron chi connectivity index (χ0n) is 11.5. The molecule has 1 aliphatic heterocycles. The van der Waals surface area contributed by atoms with Gasteiger partial charge in [-0.1, -0.05) is 26.0 Å². The lowest BCUT2D eigenvalue weighted by Gasteiger charge is -2.39. The van der Waals surface area contributed by atoms with Crippen LogP contribution in [0.2, 0.25) is 0 Å². The van der Waals surface area contributed by atoms with E-state index in [1.807, 2.05) is 0 Å². The van der Waals surface area contributed by atoms with E-state index in [2.05, 4.69) is 61.9 Å². The summed E-state index contributed by atoms with van der Waals surface area (Å²) in [6.07, 6.45) is 0. The van der Waals surface area contributed by atoms with Crippen molar-refractivity contribution in [2.45, 2.75) is 32.7 Å². The Morgan fingerprint density at radius 1 is 1.12 bits per heavy atom. The Morgan fingerprint density at radius 2 is 1.76 bits per heavy atom. The first-order chi connectivity index (χ1) is 8.08. The molecule has 0 spiro atoms. The third kappa shape index (κ3) is 2.81. The van der Waals surface area contributed by atoms with Gasteiger partial charge in [0, 0.05) is 31.4 Å². The standard InChI is InChI=1S/C15H24N2/c1-12(2)14-5-7-15(8-6-14)17-10-9-16(4)11-13(17)3/h5-8,12-13H,9-11H2,1-4H3/t13-/m1/s1. The Balaban J connectivity index is 2.11. The number of piperazine rings is 1. The molecule has 1 aromatic rings. The molecule has 0 saturated carbocycles. The van der Waals surface area contributed by atoms with E-state index >= 15 is 0 Å². The van der Waals surface area contributed by atoms with E-state index in [0.29, 0.717) is 12.0 Å². The third-order valence-electron chi connectivity index (χ3n) is 3.72. The van der Waals surface area contributed by atoms with Crippen molar-refractivity contribution in [1.82, 2.24) is 4.90 Å². The Morgan fingerprint density at radius 3 is 2.29 bits per heavy atom. The lowest BCUT2D eigenvalue weighted by molar-refractivity contribution is 0.275. The highest BCUT2D eigenvalue weighted by atomic mass is 15.3. The minimum absolute atomic E-state index is 0.610. The van der Waals surface area contributed by atoms with Crippen LogP contribution in [0.1, 0.15) is 32.3 Å². The molecule has 2 nitrogen and oxygen atoms in total. The fourth-order valence-corrected chi connectivity index (χ4v) is 2.57. The third-order valence-corrected chi connectivity index (χ3v) is 3.72. The molecule has 2 heteroatoms. The molecule has 1 atom stereocenters. The van der Waals surface area contributed by atoms with Crippen LogP contribution in [0.25, 0.3) is 0 Å². The summed E-state index contributed by atoms with van der Waals surface area (Å²) in [4.78, 5) is 4.92. The van der Waals surface area contributed by atoms with Crippen molar-refractivity contribution in [2.75, 3.05) is 31.6 Å². The van der Waals surface area contributed by atoms with Gasteiger partial charge < -0.3 is 9.80 Å². The van der Waals surface area contributed by atoms with Gasteiger partial charge in [0.25, 0.3) is 0 Å². The summed E-state index contributed by atoms with van der Waals surface area (Å²) in [6.45, 7) is 10.3. The number of anilines is 1. The van der Waals surface area contributed by atoms with Crippen molar-refractivity contribution in [3.63, 3.8) is 0 Å². The quantitative estimate of drug-likeness (QED) is 0.773. The number of rotatable bonds is 2. The monoisotopic (exact) mass is 232 g/mol. The Hall–Kier alpha value is -1.02. The van der Waals surface area contributed by atoms with Gasteiger partial charge in [-0.15, -0.1) is 0 Å². The second kappa shape index (κ2) is 5.09. The average Bonchev–Trinajstić information content (AvgIpc) is 2.29. The van der Waals surface area contributed by atoms with E-state index in [1.165, 1.54) is 11.3 Å². The van der Waals surface area contributed by atoms with Gasteiger partial charge in [-0.3, -0.25) is 0 Å². The molecule has 0 radical (unpaired) electrons. The largest absolute Gasteiger partial charge is 0.366 e. The van der Waals surface area contributed by atoms with E-state index in [4.69, 9.17) is 0 Å². The Labute approximate surface area is 105 Å². The predicted molar refractivity (Wildman–Crippen MR) is 74.8 cm³/mol. The fraction of sp³-hybridized carbons (Fsp3) is 0.600. The molecule has 2 rings (SSSR count). The first-order valence-corrected chi connectivity index (χ1v) is 6.63. The fourth-order valence-electron chi connectivity index (χ4n) is 2.57. The lowest BCUT2D eigenvalue weighted by Crippen LogP contribution is -2.50. The van der Waals surface area contributed by atoms with E-state index in [9.17, 15) is 0 Å².